The van der Waals surface area contributed by atoms with Gasteiger partial charge in [-0.1, -0.05) is 22.9 Å². The zero-order valence-corrected chi connectivity index (χ0v) is 11.8. The van der Waals surface area contributed by atoms with Gasteiger partial charge in [-0.05, 0) is 35.7 Å². The highest BCUT2D eigenvalue weighted by Crippen LogP contribution is 2.35. The average Bonchev–Trinajstić information content (AvgIpc) is 2.33. The van der Waals surface area contributed by atoms with Crippen molar-refractivity contribution in [2.24, 2.45) is 0 Å². The van der Waals surface area contributed by atoms with Crippen LogP contribution in [0.5, 0.6) is 0 Å². The van der Waals surface area contributed by atoms with Crippen LogP contribution in [0.1, 0.15) is 29.5 Å². The molecular formula is C12H16BrN3O2. The summed E-state index contributed by atoms with van der Waals surface area (Å²) in [6.45, 7) is 3.45. The largest absolute Gasteiger partial charge is 0.398 e. The molecule has 2 rings (SSSR count). The highest BCUT2D eigenvalue weighted by molar-refractivity contribution is 9.10. The minimum atomic E-state index is -0.293. The first-order valence-corrected chi connectivity index (χ1v) is 6.72. The fourth-order valence-corrected chi connectivity index (χ4v) is 3.04. The molecule has 0 saturated carbocycles. The molecule has 6 heteroatoms. The summed E-state index contributed by atoms with van der Waals surface area (Å²) in [6.07, 6.45) is 0.874. The van der Waals surface area contributed by atoms with Gasteiger partial charge < -0.3 is 11.1 Å². The summed E-state index contributed by atoms with van der Waals surface area (Å²) in [4.78, 5) is 10.3. The number of hydrogen-bond donors (Lipinski definition) is 2. The van der Waals surface area contributed by atoms with Gasteiger partial charge in [0.05, 0.1) is 0 Å². The molecule has 1 aliphatic rings. The molecule has 0 amide bonds. The SMILES string of the molecule is CC(C[N+](=O)[O-])c1cc(Br)c2c(c1N)CCNC2. The number of nitro groups is 1. The number of nitrogen functional groups attached to an aromatic ring is 1. The van der Waals surface area contributed by atoms with E-state index < -0.39 is 0 Å². The van der Waals surface area contributed by atoms with E-state index in [1.54, 1.807) is 0 Å². The van der Waals surface area contributed by atoms with E-state index in [4.69, 9.17) is 5.73 Å². The van der Waals surface area contributed by atoms with E-state index in [9.17, 15) is 10.1 Å². The van der Waals surface area contributed by atoms with E-state index in [-0.39, 0.29) is 17.4 Å². The van der Waals surface area contributed by atoms with Crippen LogP contribution in [-0.4, -0.2) is 18.0 Å². The molecule has 18 heavy (non-hydrogen) atoms. The van der Waals surface area contributed by atoms with E-state index in [0.717, 1.165) is 40.8 Å². The molecule has 1 aromatic rings. The normalized spacial score (nSPS) is 16.1. The Morgan fingerprint density at radius 1 is 1.61 bits per heavy atom. The van der Waals surface area contributed by atoms with Crippen molar-refractivity contribution in [1.29, 1.82) is 0 Å². The Labute approximate surface area is 114 Å². The first-order valence-electron chi connectivity index (χ1n) is 5.92. The second kappa shape index (κ2) is 5.24. The summed E-state index contributed by atoms with van der Waals surface area (Å²) in [5, 5.41) is 13.9. The maximum Gasteiger partial charge on any atom is 0.210 e. The molecule has 1 unspecified atom stereocenters. The van der Waals surface area contributed by atoms with Crippen LogP contribution < -0.4 is 11.1 Å². The number of anilines is 1. The van der Waals surface area contributed by atoms with Crippen molar-refractivity contribution in [1.82, 2.24) is 5.32 Å². The molecule has 0 radical (unpaired) electrons. The summed E-state index contributed by atoms with van der Waals surface area (Å²) in [5.41, 5.74) is 10.1. The minimum Gasteiger partial charge on any atom is -0.398 e. The van der Waals surface area contributed by atoms with Gasteiger partial charge in [0.25, 0.3) is 0 Å². The second-order valence-electron chi connectivity index (χ2n) is 4.66. The van der Waals surface area contributed by atoms with Crippen molar-refractivity contribution in [3.05, 3.63) is 37.3 Å². The van der Waals surface area contributed by atoms with Crippen molar-refractivity contribution in [3.8, 4) is 0 Å². The number of benzene rings is 1. The molecule has 1 heterocycles. The monoisotopic (exact) mass is 313 g/mol. The van der Waals surface area contributed by atoms with Crippen LogP contribution in [0.4, 0.5) is 5.69 Å². The van der Waals surface area contributed by atoms with Gasteiger partial charge in [-0.3, -0.25) is 10.1 Å². The fourth-order valence-electron chi connectivity index (χ4n) is 2.42. The second-order valence-corrected chi connectivity index (χ2v) is 5.52. The lowest BCUT2D eigenvalue weighted by Gasteiger charge is -2.23. The van der Waals surface area contributed by atoms with Crippen LogP contribution >= 0.6 is 15.9 Å². The molecule has 0 aliphatic carbocycles. The summed E-state index contributed by atoms with van der Waals surface area (Å²) in [7, 11) is 0. The van der Waals surface area contributed by atoms with Gasteiger partial charge in [0.2, 0.25) is 6.54 Å². The Hall–Kier alpha value is -1.14. The van der Waals surface area contributed by atoms with Crippen molar-refractivity contribution in [3.63, 3.8) is 0 Å². The Bertz CT molecular complexity index is 491. The molecule has 0 saturated heterocycles. The smallest absolute Gasteiger partial charge is 0.210 e. The summed E-state index contributed by atoms with van der Waals surface area (Å²) in [6, 6.07) is 1.93. The van der Waals surface area contributed by atoms with Gasteiger partial charge in [0.15, 0.2) is 0 Å². The van der Waals surface area contributed by atoms with E-state index in [1.807, 2.05) is 13.0 Å². The number of fused-ring (bicyclic) bond motifs is 1. The van der Waals surface area contributed by atoms with Crippen molar-refractivity contribution >= 4 is 21.6 Å². The lowest BCUT2D eigenvalue weighted by Crippen LogP contribution is -2.26. The predicted molar refractivity (Wildman–Crippen MR) is 74.2 cm³/mol. The molecule has 5 nitrogen and oxygen atoms in total. The third-order valence-electron chi connectivity index (χ3n) is 3.38. The summed E-state index contributed by atoms with van der Waals surface area (Å²) >= 11 is 3.54. The van der Waals surface area contributed by atoms with Crippen molar-refractivity contribution < 1.29 is 4.92 Å². The van der Waals surface area contributed by atoms with Gasteiger partial charge >= 0.3 is 0 Å². The first kappa shape index (κ1) is 13.3. The number of nitrogens with one attached hydrogen (secondary N) is 1. The zero-order chi connectivity index (χ0) is 13.3. The minimum absolute atomic E-state index is 0.0896. The average molecular weight is 314 g/mol. The van der Waals surface area contributed by atoms with Crippen LogP contribution in [0.3, 0.4) is 0 Å². The van der Waals surface area contributed by atoms with E-state index >= 15 is 0 Å². The topological polar surface area (TPSA) is 81.2 Å². The first-order chi connectivity index (χ1) is 8.50. The predicted octanol–water partition coefficient (Wildman–Crippen LogP) is 2.06. The van der Waals surface area contributed by atoms with Crippen LogP contribution in [0.15, 0.2) is 10.5 Å². The molecule has 1 atom stereocenters. The number of halogens is 1. The fraction of sp³-hybridized carbons (Fsp3) is 0.500. The number of nitrogens with zero attached hydrogens (tertiary/aromatic N) is 1. The van der Waals surface area contributed by atoms with Crippen LogP contribution in [0.2, 0.25) is 0 Å². The molecule has 1 aliphatic heterocycles. The Kier molecular flexibility index (Phi) is 3.87. The Morgan fingerprint density at radius 2 is 2.33 bits per heavy atom. The Balaban J connectivity index is 2.43. The van der Waals surface area contributed by atoms with Crippen LogP contribution in [0, 0.1) is 10.1 Å². The van der Waals surface area contributed by atoms with Crippen molar-refractivity contribution in [2.75, 3.05) is 18.8 Å². The molecule has 0 bridgehead atoms. The Morgan fingerprint density at radius 3 is 3.00 bits per heavy atom. The van der Waals surface area contributed by atoms with Gasteiger partial charge in [0.1, 0.15) is 0 Å². The summed E-state index contributed by atoms with van der Waals surface area (Å²) in [5.74, 6) is -0.170. The van der Waals surface area contributed by atoms with E-state index in [0.29, 0.717) is 0 Å². The van der Waals surface area contributed by atoms with Crippen molar-refractivity contribution in [2.45, 2.75) is 25.8 Å². The highest BCUT2D eigenvalue weighted by Gasteiger charge is 2.22. The third-order valence-corrected chi connectivity index (χ3v) is 4.09. The molecule has 0 aromatic heterocycles. The molecule has 1 aromatic carbocycles. The van der Waals surface area contributed by atoms with Gasteiger partial charge in [-0.2, -0.15) is 0 Å². The lowest BCUT2D eigenvalue weighted by atomic mass is 9.90. The third kappa shape index (κ3) is 2.49. The molecule has 0 spiro atoms. The molecule has 3 N–H and O–H groups in total. The quantitative estimate of drug-likeness (QED) is 0.508. The van der Waals surface area contributed by atoms with Crippen LogP contribution in [-0.2, 0) is 13.0 Å². The highest BCUT2D eigenvalue weighted by atomic mass is 79.9. The van der Waals surface area contributed by atoms with Gasteiger partial charge in [-0.25, -0.2) is 0 Å². The van der Waals surface area contributed by atoms with Crippen LogP contribution in [0.25, 0.3) is 0 Å². The molecular weight excluding hydrogens is 298 g/mol. The van der Waals surface area contributed by atoms with Gasteiger partial charge in [0, 0.05) is 27.5 Å². The maximum absolute atomic E-state index is 10.6. The molecule has 0 fully saturated rings. The van der Waals surface area contributed by atoms with Gasteiger partial charge in [-0.15, -0.1) is 0 Å². The summed E-state index contributed by atoms with van der Waals surface area (Å²) < 4.78 is 0.990. The number of rotatable bonds is 3. The van der Waals surface area contributed by atoms with E-state index in [1.165, 1.54) is 5.56 Å². The standard InChI is InChI=1S/C12H16BrN3O2/c1-7(6-16(17)18)9-4-11(13)10-5-15-3-2-8(10)12(9)14/h4,7,15H,2-3,5-6,14H2,1H3. The number of hydrogen-bond acceptors (Lipinski definition) is 4. The molecule has 98 valence electrons. The van der Waals surface area contributed by atoms with E-state index in [2.05, 4.69) is 21.2 Å². The maximum atomic E-state index is 10.6. The lowest BCUT2D eigenvalue weighted by molar-refractivity contribution is -0.482. The zero-order valence-electron chi connectivity index (χ0n) is 10.2. The number of nitrogens with two attached hydrogens (primary N) is 1.